The Balaban J connectivity index is 1.64. The highest BCUT2D eigenvalue weighted by molar-refractivity contribution is 6.31. The summed E-state index contributed by atoms with van der Waals surface area (Å²) in [6.45, 7) is 3.15. The molecule has 2 atom stereocenters. The third-order valence-electron chi connectivity index (χ3n) is 4.69. The highest BCUT2D eigenvalue weighted by Gasteiger charge is 2.26. The maximum absolute atomic E-state index is 12.7. The SMILES string of the molecule is CC(C(=O)NC1CCOc2ccccc21)N(C)Cc1ccccc1Cl. The molecule has 132 valence electrons. The minimum absolute atomic E-state index is 0.00591. The van der Waals surface area contributed by atoms with Gasteiger partial charge in [0.15, 0.2) is 0 Å². The van der Waals surface area contributed by atoms with Gasteiger partial charge in [0.1, 0.15) is 5.75 Å². The molecule has 0 aliphatic carbocycles. The number of hydrogen-bond donors (Lipinski definition) is 1. The first-order valence-corrected chi connectivity index (χ1v) is 8.90. The van der Waals surface area contributed by atoms with Gasteiger partial charge in [-0.3, -0.25) is 9.69 Å². The molecule has 5 heteroatoms. The number of halogens is 1. The van der Waals surface area contributed by atoms with Crippen molar-refractivity contribution in [2.75, 3.05) is 13.7 Å². The minimum atomic E-state index is -0.258. The van der Waals surface area contributed by atoms with Gasteiger partial charge in [-0.2, -0.15) is 0 Å². The van der Waals surface area contributed by atoms with Crippen LogP contribution in [0, 0.1) is 0 Å². The van der Waals surface area contributed by atoms with E-state index < -0.39 is 0 Å². The van der Waals surface area contributed by atoms with Crippen molar-refractivity contribution in [1.82, 2.24) is 10.2 Å². The zero-order valence-corrected chi connectivity index (χ0v) is 15.3. The average Bonchev–Trinajstić information content (AvgIpc) is 2.63. The second-order valence-corrected chi connectivity index (χ2v) is 6.83. The molecule has 1 heterocycles. The van der Waals surface area contributed by atoms with Crippen LogP contribution < -0.4 is 10.1 Å². The molecule has 4 nitrogen and oxygen atoms in total. The highest BCUT2D eigenvalue weighted by atomic mass is 35.5. The summed E-state index contributed by atoms with van der Waals surface area (Å²) in [5.74, 6) is 0.868. The van der Waals surface area contributed by atoms with E-state index in [-0.39, 0.29) is 18.0 Å². The van der Waals surface area contributed by atoms with E-state index >= 15 is 0 Å². The van der Waals surface area contributed by atoms with E-state index in [0.29, 0.717) is 13.2 Å². The second-order valence-electron chi connectivity index (χ2n) is 6.42. The van der Waals surface area contributed by atoms with Crippen molar-refractivity contribution in [3.8, 4) is 5.75 Å². The monoisotopic (exact) mass is 358 g/mol. The fourth-order valence-electron chi connectivity index (χ4n) is 3.02. The van der Waals surface area contributed by atoms with Crippen molar-refractivity contribution in [2.24, 2.45) is 0 Å². The molecule has 2 aromatic rings. The van der Waals surface area contributed by atoms with Crippen molar-refractivity contribution >= 4 is 17.5 Å². The van der Waals surface area contributed by atoms with Crippen LogP contribution in [0.5, 0.6) is 5.75 Å². The van der Waals surface area contributed by atoms with Crippen molar-refractivity contribution in [2.45, 2.75) is 32.0 Å². The molecule has 0 saturated heterocycles. The molecule has 1 aliphatic rings. The van der Waals surface area contributed by atoms with Crippen LogP contribution in [0.15, 0.2) is 48.5 Å². The van der Waals surface area contributed by atoms with Gasteiger partial charge in [0, 0.05) is 23.6 Å². The van der Waals surface area contributed by atoms with Gasteiger partial charge < -0.3 is 10.1 Å². The third kappa shape index (κ3) is 4.14. The minimum Gasteiger partial charge on any atom is -0.493 e. The maximum Gasteiger partial charge on any atom is 0.237 e. The molecule has 1 N–H and O–H groups in total. The topological polar surface area (TPSA) is 41.6 Å². The van der Waals surface area contributed by atoms with E-state index in [1.54, 1.807) is 0 Å². The van der Waals surface area contributed by atoms with Crippen LogP contribution in [-0.4, -0.2) is 30.5 Å². The van der Waals surface area contributed by atoms with E-state index in [4.69, 9.17) is 16.3 Å². The molecule has 1 amide bonds. The number of nitrogens with one attached hydrogen (secondary N) is 1. The molecule has 0 radical (unpaired) electrons. The molecule has 25 heavy (non-hydrogen) atoms. The van der Waals surface area contributed by atoms with Crippen molar-refractivity contribution < 1.29 is 9.53 Å². The van der Waals surface area contributed by atoms with Crippen molar-refractivity contribution in [3.63, 3.8) is 0 Å². The maximum atomic E-state index is 12.7. The zero-order valence-electron chi connectivity index (χ0n) is 14.5. The summed E-state index contributed by atoms with van der Waals surface area (Å²) < 4.78 is 5.66. The average molecular weight is 359 g/mol. The summed E-state index contributed by atoms with van der Waals surface area (Å²) in [5, 5.41) is 3.89. The Morgan fingerprint density at radius 3 is 2.80 bits per heavy atom. The number of para-hydroxylation sites is 1. The highest BCUT2D eigenvalue weighted by Crippen LogP contribution is 2.31. The zero-order chi connectivity index (χ0) is 17.8. The van der Waals surface area contributed by atoms with Crippen LogP contribution in [0.25, 0.3) is 0 Å². The summed E-state index contributed by atoms with van der Waals surface area (Å²) >= 11 is 6.22. The predicted molar refractivity (Wildman–Crippen MR) is 99.8 cm³/mol. The molecular weight excluding hydrogens is 336 g/mol. The second kappa shape index (κ2) is 7.89. The van der Waals surface area contributed by atoms with E-state index in [0.717, 1.165) is 28.3 Å². The van der Waals surface area contributed by atoms with Crippen LogP contribution in [0.1, 0.15) is 30.5 Å². The number of carbonyl (C=O) groups is 1. The fraction of sp³-hybridized carbons (Fsp3) is 0.350. The number of benzene rings is 2. The lowest BCUT2D eigenvalue weighted by Crippen LogP contribution is -2.45. The molecule has 0 spiro atoms. The molecule has 1 aliphatic heterocycles. The van der Waals surface area contributed by atoms with Crippen LogP contribution in [0.3, 0.4) is 0 Å². The first-order chi connectivity index (χ1) is 12.1. The normalized spacial score (nSPS) is 17.5. The van der Waals surface area contributed by atoms with E-state index in [1.165, 1.54) is 0 Å². The van der Waals surface area contributed by atoms with Gasteiger partial charge in [0.05, 0.1) is 18.7 Å². The summed E-state index contributed by atoms with van der Waals surface area (Å²) in [6, 6.07) is 15.3. The molecular formula is C20H23ClN2O2. The van der Waals surface area contributed by atoms with Gasteiger partial charge >= 0.3 is 0 Å². The molecule has 2 unspecified atom stereocenters. The number of ether oxygens (including phenoxy) is 1. The standard InChI is InChI=1S/C20H23ClN2O2/c1-14(23(2)13-15-7-3-5-9-17(15)21)20(24)22-18-11-12-25-19-10-6-4-8-16(18)19/h3-10,14,18H,11-13H2,1-2H3,(H,22,24). The van der Waals surface area contributed by atoms with Crippen molar-refractivity contribution in [1.29, 1.82) is 0 Å². The first kappa shape index (κ1) is 17.8. The lowest BCUT2D eigenvalue weighted by molar-refractivity contribution is -0.126. The van der Waals surface area contributed by atoms with Gasteiger partial charge in [0.25, 0.3) is 0 Å². The Morgan fingerprint density at radius 1 is 1.28 bits per heavy atom. The molecule has 0 aromatic heterocycles. The number of rotatable bonds is 5. The number of fused-ring (bicyclic) bond motifs is 1. The lowest BCUT2D eigenvalue weighted by Gasteiger charge is -2.30. The van der Waals surface area contributed by atoms with E-state index in [2.05, 4.69) is 5.32 Å². The molecule has 0 bridgehead atoms. The largest absolute Gasteiger partial charge is 0.493 e. The predicted octanol–water partition coefficient (Wildman–Crippen LogP) is 3.80. The molecule has 2 aromatic carbocycles. The molecule has 0 fully saturated rings. The molecule has 3 rings (SSSR count). The number of nitrogens with zero attached hydrogens (tertiary/aromatic N) is 1. The summed E-state index contributed by atoms with van der Waals surface area (Å²) in [7, 11) is 1.94. The Labute approximate surface area is 153 Å². The van der Waals surface area contributed by atoms with Gasteiger partial charge in [-0.25, -0.2) is 0 Å². The van der Waals surface area contributed by atoms with Crippen LogP contribution in [0.4, 0.5) is 0 Å². The lowest BCUT2D eigenvalue weighted by atomic mass is 10.00. The third-order valence-corrected chi connectivity index (χ3v) is 5.06. The summed E-state index contributed by atoms with van der Waals surface area (Å²) in [4.78, 5) is 14.7. The van der Waals surface area contributed by atoms with Gasteiger partial charge in [-0.05, 0) is 31.7 Å². The fourth-order valence-corrected chi connectivity index (χ4v) is 3.21. The summed E-state index contributed by atoms with van der Waals surface area (Å²) in [5.41, 5.74) is 2.06. The first-order valence-electron chi connectivity index (χ1n) is 8.52. The van der Waals surface area contributed by atoms with Gasteiger partial charge in [0.2, 0.25) is 5.91 Å². The smallest absolute Gasteiger partial charge is 0.237 e. The number of carbonyl (C=O) groups excluding carboxylic acids is 1. The molecule has 0 saturated carbocycles. The van der Waals surface area contributed by atoms with Gasteiger partial charge in [-0.1, -0.05) is 48.0 Å². The Kier molecular flexibility index (Phi) is 5.61. The number of amides is 1. The van der Waals surface area contributed by atoms with E-state index in [9.17, 15) is 4.79 Å². The quantitative estimate of drug-likeness (QED) is 0.883. The Hall–Kier alpha value is -2.04. The van der Waals surface area contributed by atoms with Crippen LogP contribution in [-0.2, 0) is 11.3 Å². The Bertz CT molecular complexity index is 750. The summed E-state index contributed by atoms with van der Waals surface area (Å²) in [6.07, 6.45) is 0.781. The van der Waals surface area contributed by atoms with Gasteiger partial charge in [-0.15, -0.1) is 0 Å². The number of hydrogen-bond acceptors (Lipinski definition) is 3. The Morgan fingerprint density at radius 2 is 2.00 bits per heavy atom. The van der Waals surface area contributed by atoms with E-state index in [1.807, 2.05) is 67.4 Å². The number of likely N-dealkylation sites (N-methyl/N-ethyl adjacent to an activating group) is 1. The van der Waals surface area contributed by atoms with Crippen LogP contribution >= 0.6 is 11.6 Å². The van der Waals surface area contributed by atoms with Crippen LogP contribution in [0.2, 0.25) is 5.02 Å². The van der Waals surface area contributed by atoms with Crippen molar-refractivity contribution in [3.05, 3.63) is 64.7 Å².